The Morgan fingerprint density at radius 3 is 2.34 bits per heavy atom. The molecule has 3 aromatic carbocycles. The number of hydrogen-bond donors (Lipinski definition) is 1. The van der Waals surface area contributed by atoms with E-state index in [9.17, 15) is 9.59 Å². The van der Waals surface area contributed by atoms with E-state index in [1.165, 1.54) is 11.8 Å². The minimum absolute atomic E-state index is 0.103. The van der Waals surface area contributed by atoms with Crippen LogP contribution in [0.15, 0.2) is 76.7 Å². The fourth-order valence-electron chi connectivity index (χ4n) is 3.59. The highest BCUT2D eigenvalue weighted by Crippen LogP contribution is 2.22. The molecular weight excluding hydrogens is 418 g/mol. The molecule has 162 valence electrons. The van der Waals surface area contributed by atoms with Crippen LogP contribution in [0.1, 0.15) is 22.3 Å². The van der Waals surface area contributed by atoms with Gasteiger partial charge in [0, 0.05) is 5.69 Å². The molecule has 4 rings (SSSR count). The Bertz CT molecular complexity index is 1320. The molecule has 0 radical (unpaired) electrons. The molecule has 0 bridgehead atoms. The van der Waals surface area contributed by atoms with E-state index < -0.39 is 0 Å². The second-order valence-electron chi connectivity index (χ2n) is 7.89. The van der Waals surface area contributed by atoms with Gasteiger partial charge in [-0.15, -0.1) is 0 Å². The summed E-state index contributed by atoms with van der Waals surface area (Å²) in [7, 11) is 0. The van der Waals surface area contributed by atoms with Crippen molar-refractivity contribution in [1.82, 2.24) is 9.55 Å². The van der Waals surface area contributed by atoms with Crippen LogP contribution in [0.2, 0.25) is 0 Å². The molecule has 0 saturated carbocycles. The predicted molar refractivity (Wildman–Crippen MR) is 132 cm³/mol. The van der Waals surface area contributed by atoms with Gasteiger partial charge in [-0.3, -0.25) is 14.2 Å². The van der Waals surface area contributed by atoms with Crippen molar-refractivity contribution in [3.63, 3.8) is 0 Å². The van der Waals surface area contributed by atoms with Gasteiger partial charge in [-0.25, -0.2) is 4.98 Å². The lowest BCUT2D eigenvalue weighted by molar-refractivity contribution is -0.113. The number of fused-ring (bicyclic) bond motifs is 1. The van der Waals surface area contributed by atoms with Crippen molar-refractivity contribution in [3.05, 3.63) is 99.3 Å². The summed E-state index contributed by atoms with van der Waals surface area (Å²) in [6, 6.07) is 21.3. The quantitative estimate of drug-likeness (QED) is 0.333. The van der Waals surface area contributed by atoms with Crippen LogP contribution < -0.4 is 10.9 Å². The van der Waals surface area contributed by atoms with E-state index in [-0.39, 0.29) is 17.2 Å². The van der Waals surface area contributed by atoms with Gasteiger partial charge in [0.15, 0.2) is 5.16 Å². The molecule has 0 aliphatic heterocycles. The summed E-state index contributed by atoms with van der Waals surface area (Å²) in [5.41, 5.74) is 5.57. The normalized spacial score (nSPS) is 11.0. The molecule has 0 atom stereocenters. The number of nitrogens with zero attached hydrogens (tertiary/aromatic N) is 2. The first kappa shape index (κ1) is 21.8. The van der Waals surface area contributed by atoms with Crippen LogP contribution in [0.5, 0.6) is 0 Å². The smallest absolute Gasteiger partial charge is 0.262 e. The molecule has 4 aromatic rings. The van der Waals surface area contributed by atoms with Crippen LogP contribution in [0.4, 0.5) is 5.69 Å². The van der Waals surface area contributed by atoms with E-state index in [2.05, 4.69) is 5.32 Å². The Morgan fingerprint density at radius 2 is 1.62 bits per heavy atom. The van der Waals surface area contributed by atoms with E-state index >= 15 is 0 Å². The average molecular weight is 444 g/mol. The number of carbonyl (C=O) groups is 1. The van der Waals surface area contributed by atoms with Crippen LogP contribution in [-0.4, -0.2) is 21.2 Å². The molecule has 32 heavy (non-hydrogen) atoms. The van der Waals surface area contributed by atoms with Crippen LogP contribution >= 0.6 is 11.8 Å². The summed E-state index contributed by atoms with van der Waals surface area (Å²) in [5.74, 6) is 0.0311. The highest BCUT2D eigenvalue weighted by Gasteiger charge is 2.15. The largest absolute Gasteiger partial charge is 0.325 e. The third kappa shape index (κ3) is 4.75. The summed E-state index contributed by atoms with van der Waals surface area (Å²) in [4.78, 5) is 30.7. The van der Waals surface area contributed by atoms with Crippen LogP contribution in [-0.2, 0) is 11.3 Å². The molecular formula is C26H25N3O2S. The molecule has 0 spiro atoms. The van der Waals surface area contributed by atoms with E-state index in [0.29, 0.717) is 22.6 Å². The maximum absolute atomic E-state index is 13.3. The van der Waals surface area contributed by atoms with Gasteiger partial charge < -0.3 is 5.32 Å². The lowest BCUT2D eigenvalue weighted by atomic mass is 10.1. The number of benzene rings is 3. The first-order valence-corrected chi connectivity index (χ1v) is 11.4. The number of hydrogen-bond acceptors (Lipinski definition) is 4. The van der Waals surface area contributed by atoms with Crippen molar-refractivity contribution in [2.75, 3.05) is 11.1 Å². The molecule has 0 saturated heterocycles. The second-order valence-corrected chi connectivity index (χ2v) is 8.83. The van der Waals surface area contributed by atoms with E-state index in [4.69, 9.17) is 4.98 Å². The Kier molecular flexibility index (Phi) is 6.42. The fourth-order valence-corrected chi connectivity index (χ4v) is 4.39. The number of aryl methyl sites for hydroxylation is 3. The summed E-state index contributed by atoms with van der Waals surface area (Å²) < 4.78 is 1.66. The Balaban J connectivity index is 1.62. The number of rotatable bonds is 6. The Morgan fingerprint density at radius 1 is 0.938 bits per heavy atom. The van der Waals surface area contributed by atoms with Gasteiger partial charge in [-0.2, -0.15) is 0 Å². The zero-order valence-electron chi connectivity index (χ0n) is 18.4. The maximum Gasteiger partial charge on any atom is 0.262 e. The standard InChI is InChI=1S/C26H25N3O2S/c1-17-11-13-20(14-12-17)15-29-25(31)21-9-4-5-10-22(21)27-26(29)32-16-23(30)28-24-18(2)7-6-8-19(24)3/h4-14H,15-16H2,1-3H3,(H,28,30). The Hall–Kier alpha value is -3.38. The lowest BCUT2D eigenvalue weighted by Gasteiger charge is -2.14. The number of amides is 1. The highest BCUT2D eigenvalue weighted by molar-refractivity contribution is 7.99. The number of carbonyl (C=O) groups excluding carboxylic acids is 1. The number of anilines is 1. The summed E-state index contributed by atoms with van der Waals surface area (Å²) in [5, 5.41) is 4.11. The van der Waals surface area contributed by atoms with Gasteiger partial charge in [0.1, 0.15) is 0 Å². The van der Waals surface area contributed by atoms with Crippen molar-refractivity contribution in [3.8, 4) is 0 Å². The van der Waals surface area contributed by atoms with Crippen molar-refractivity contribution < 1.29 is 4.79 Å². The van der Waals surface area contributed by atoms with Gasteiger partial charge in [-0.05, 0) is 49.6 Å². The Labute approximate surface area is 191 Å². The molecule has 0 unspecified atom stereocenters. The van der Waals surface area contributed by atoms with Gasteiger partial charge in [0.25, 0.3) is 5.56 Å². The van der Waals surface area contributed by atoms with E-state index in [1.54, 1.807) is 10.6 Å². The third-order valence-electron chi connectivity index (χ3n) is 5.37. The topological polar surface area (TPSA) is 64.0 Å². The number of para-hydroxylation sites is 2. The molecule has 1 aromatic heterocycles. The number of aromatic nitrogens is 2. The summed E-state index contributed by atoms with van der Waals surface area (Å²) in [6.07, 6.45) is 0. The SMILES string of the molecule is Cc1ccc(Cn2c(SCC(=O)Nc3c(C)cccc3C)nc3ccccc3c2=O)cc1. The minimum Gasteiger partial charge on any atom is -0.325 e. The van der Waals surface area contributed by atoms with Crippen molar-refractivity contribution in [1.29, 1.82) is 0 Å². The highest BCUT2D eigenvalue weighted by atomic mass is 32.2. The summed E-state index contributed by atoms with van der Waals surface area (Å²) in [6.45, 7) is 6.38. The molecule has 0 aliphatic carbocycles. The predicted octanol–water partition coefficient (Wildman–Crippen LogP) is 5.10. The fraction of sp³-hybridized carbons (Fsp3) is 0.192. The maximum atomic E-state index is 13.3. The van der Waals surface area contributed by atoms with Crippen LogP contribution in [0.25, 0.3) is 10.9 Å². The van der Waals surface area contributed by atoms with Gasteiger partial charge >= 0.3 is 0 Å². The minimum atomic E-state index is -0.128. The van der Waals surface area contributed by atoms with Crippen molar-refractivity contribution >= 4 is 34.3 Å². The molecule has 1 N–H and O–H groups in total. The first-order chi connectivity index (χ1) is 15.4. The van der Waals surface area contributed by atoms with Gasteiger partial charge in [0.05, 0.1) is 23.2 Å². The monoisotopic (exact) mass is 443 g/mol. The molecule has 0 aliphatic rings. The average Bonchev–Trinajstić information content (AvgIpc) is 2.78. The molecule has 0 fully saturated rings. The molecule has 1 heterocycles. The lowest BCUT2D eigenvalue weighted by Crippen LogP contribution is -2.25. The van der Waals surface area contributed by atoms with Crippen molar-refractivity contribution in [2.45, 2.75) is 32.5 Å². The van der Waals surface area contributed by atoms with E-state index in [1.807, 2.05) is 81.4 Å². The number of nitrogens with one attached hydrogen (secondary N) is 1. The third-order valence-corrected chi connectivity index (χ3v) is 6.34. The first-order valence-electron chi connectivity index (χ1n) is 10.5. The second kappa shape index (κ2) is 9.40. The molecule has 6 heteroatoms. The molecule has 1 amide bonds. The zero-order chi connectivity index (χ0) is 22.7. The van der Waals surface area contributed by atoms with Gasteiger partial charge in [0.2, 0.25) is 5.91 Å². The number of thioether (sulfide) groups is 1. The summed E-state index contributed by atoms with van der Waals surface area (Å²) >= 11 is 1.28. The van der Waals surface area contributed by atoms with Crippen LogP contribution in [0, 0.1) is 20.8 Å². The zero-order valence-corrected chi connectivity index (χ0v) is 19.2. The van der Waals surface area contributed by atoms with Gasteiger partial charge in [-0.1, -0.05) is 71.9 Å². The molecule has 5 nitrogen and oxygen atoms in total. The van der Waals surface area contributed by atoms with Crippen molar-refractivity contribution in [2.24, 2.45) is 0 Å². The van der Waals surface area contributed by atoms with Crippen LogP contribution in [0.3, 0.4) is 0 Å². The van der Waals surface area contributed by atoms with E-state index in [0.717, 1.165) is 27.9 Å².